The molecule has 0 fully saturated rings. The van der Waals surface area contributed by atoms with E-state index in [1.54, 1.807) is 32.3 Å². The lowest BCUT2D eigenvalue weighted by Gasteiger charge is -2.15. The molecule has 0 aliphatic carbocycles. The van der Waals surface area contributed by atoms with Gasteiger partial charge in [-0.25, -0.2) is 0 Å². The number of anilines is 1. The maximum atomic E-state index is 12.0. The smallest absolute Gasteiger partial charge is 0.255 e. The summed E-state index contributed by atoms with van der Waals surface area (Å²) in [4.78, 5) is 25.3. The van der Waals surface area contributed by atoms with Gasteiger partial charge >= 0.3 is 0 Å². The fraction of sp³-hybridized carbons (Fsp3) is 0.429. The van der Waals surface area contributed by atoms with E-state index in [0.29, 0.717) is 16.3 Å². The SMILES string of the molecule is CC(C)NCC(=O)Nc1cc(Cl)ccc1C(=O)N(C)C. The van der Waals surface area contributed by atoms with Crippen molar-refractivity contribution in [2.75, 3.05) is 26.0 Å². The molecule has 110 valence electrons. The second-order valence-corrected chi connectivity index (χ2v) is 5.41. The normalized spacial score (nSPS) is 10.5. The van der Waals surface area contributed by atoms with Crippen LogP contribution in [0.5, 0.6) is 0 Å². The minimum Gasteiger partial charge on any atom is -0.345 e. The number of amides is 2. The van der Waals surface area contributed by atoms with Crippen LogP contribution in [0.25, 0.3) is 0 Å². The van der Waals surface area contributed by atoms with E-state index in [1.807, 2.05) is 13.8 Å². The van der Waals surface area contributed by atoms with E-state index in [0.717, 1.165) is 0 Å². The first-order chi connectivity index (χ1) is 9.31. The number of carbonyl (C=O) groups is 2. The van der Waals surface area contributed by atoms with E-state index in [-0.39, 0.29) is 24.4 Å². The first-order valence-electron chi connectivity index (χ1n) is 6.35. The summed E-state index contributed by atoms with van der Waals surface area (Å²) in [6, 6.07) is 5.02. The highest BCUT2D eigenvalue weighted by Crippen LogP contribution is 2.22. The highest BCUT2D eigenvalue weighted by molar-refractivity contribution is 6.31. The number of benzene rings is 1. The molecule has 0 radical (unpaired) electrons. The van der Waals surface area contributed by atoms with Crippen LogP contribution >= 0.6 is 11.6 Å². The predicted molar refractivity (Wildman–Crippen MR) is 81.2 cm³/mol. The molecule has 0 atom stereocenters. The van der Waals surface area contributed by atoms with Gasteiger partial charge in [0, 0.05) is 25.2 Å². The van der Waals surface area contributed by atoms with Crippen molar-refractivity contribution in [2.24, 2.45) is 0 Å². The van der Waals surface area contributed by atoms with E-state index >= 15 is 0 Å². The van der Waals surface area contributed by atoms with E-state index in [4.69, 9.17) is 11.6 Å². The van der Waals surface area contributed by atoms with Crippen LogP contribution in [-0.2, 0) is 4.79 Å². The van der Waals surface area contributed by atoms with Gasteiger partial charge < -0.3 is 15.5 Å². The van der Waals surface area contributed by atoms with Crippen LogP contribution in [0.2, 0.25) is 5.02 Å². The Morgan fingerprint density at radius 3 is 2.50 bits per heavy atom. The molecule has 0 aliphatic heterocycles. The second kappa shape index (κ2) is 7.26. The van der Waals surface area contributed by atoms with Crippen LogP contribution < -0.4 is 10.6 Å². The Balaban J connectivity index is 2.90. The van der Waals surface area contributed by atoms with E-state index in [1.165, 1.54) is 4.90 Å². The van der Waals surface area contributed by atoms with Gasteiger partial charge in [-0.3, -0.25) is 9.59 Å². The largest absolute Gasteiger partial charge is 0.345 e. The summed E-state index contributed by atoms with van der Waals surface area (Å²) < 4.78 is 0. The molecule has 0 saturated heterocycles. The molecule has 1 aromatic rings. The zero-order valence-electron chi connectivity index (χ0n) is 12.2. The Morgan fingerprint density at radius 2 is 1.95 bits per heavy atom. The minimum absolute atomic E-state index is 0.180. The van der Waals surface area contributed by atoms with Crippen molar-refractivity contribution in [3.05, 3.63) is 28.8 Å². The van der Waals surface area contributed by atoms with E-state index < -0.39 is 0 Å². The third-order valence-electron chi connectivity index (χ3n) is 2.56. The van der Waals surface area contributed by atoms with Crippen LogP contribution in [0, 0.1) is 0 Å². The molecule has 0 aliphatic rings. The van der Waals surface area contributed by atoms with Gasteiger partial charge in [-0.15, -0.1) is 0 Å². The van der Waals surface area contributed by atoms with Crippen molar-refractivity contribution in [2.45, 2.75) is 19.9 Å². The first-order valence-corrected chi connectivity index (χ1v) is 6.73. The summed E-state index contributed by atoms with van der Waals surface area (Å²) in [6.45, 7) is 4.08. The molecule has 1 aromatic carbocycles. The number of hydrogen-bond acceptors (Lipinski definition) is 3. The average Bonchev–Trinajstić information content (AvgIpc) is 2.35. The molecule has 6 heteroatoms. The summed E-state index contributed by atoms with van der Waals surface area (Å²) in [7, 11) is 3.31. The van der Waals surface area contributed by atoms with Crippen molar-refractivity contribution in [3.63, 3.8) is 0 Å². The van der Waals surface area contributed by atoms with Gasteiger partial charge in [-0.1, -0.05) is 25.4 Å². The molecule has 0 saturated carbocycles. The molecule has 20 heavy (non-hydrogen) atoms. The van der Waals surface area contributed by atoms with Crippen molar-refractivity contribution in [1.82, 2.24) is 10.2 Å². The quantitative estimate of drug-likeness (QED) is 0.873. The molecular formula is C14H20ClN3O2. The summed E-state index contributed by atoms with van der Waals surface area (Å²) in [5.41, 5.74) is 0.837. The van der Waals surface area contributed by atoms with Crippen LogP contribution in [0.1, 0.15) is 24.2 Å². The lowest BCUT2D eigenvalue weighted by molar-refractivity contribution is -0.115. The maximum Gasteiger partial charge on any atom is 0.255 e. The summed E-state index contributed by atoms with van der Waals surface area (Å²) in [6.07, 6.45) is 0. The van der Waals surface area contributed by atoms with Crippen LogP contribution in [0.3, 0.4) is 0 Å². The number of nitrogens with one attached hydrogen (secondary N) is 2. The zero-order chi connectivity index (χ0) is 15.3. The number of carbonyl (C=O) groups excluding carboxylic acids is 2. The third-order valence-corrected chi connectivity index (χ3v) is 2.80. The molecule has 2 N–H and O–H groups in total. The number of rotatable bonds is 5. The molecule has 0 aromatic heterocycles. The topological polar surface area (TPSA) is 61.4 Å². The number of hydrogen-bond donors (Lipinski definition) is 2. The van der Waals surface area contributed by atoms with Gasteiger partial charge in [0.2, 0.25) is 5.91 Å². The number of nitrogens with zero attached hydrogens (tertiary/aromatic N) is 1. The summed E-state index contributed by atoms with van der Waals surface area (Å²) >= 11 is 5.92. The Morgan fingerprint density at radius 1 is 1.30 bits per heavy atom. The second-order valence-electron chi connectivity index (χ2n) is 4.97. The van der Waals surface area contributed by atoms with Crippen molar-refractivity contribution >= 4 is 29.1 Å². The Bertz CT molecular complexity index is 501. The molecule has 0 bridgehead atoms. The maximum absolute atomic E-state index is 12.0. The molecule has 0 spiro atoms. The van der Waals surface area contributed by atoms with E-state index in [9.17, 15) is 9.59 Å². The molecule has 0 heterocycles. The van der Waals surface area contributed by atoms with Crippen LogP contribution in [0.4, 0.5) is 5.69 Å². The third kappa shape index (κ3) is 4.83. The molecule has 5 nitrogen and oxygen atoms in total. The van der Waals surface area contributed by atoms with Gasteiger partial charge in [0.05, 0.1) is 17.8 Å². The Labute approximate surface area is 124 Å². The van der Waals surface area contributed by atoms with Crippen molar-refractivity contribution in [1.29, 1.82) is 0 Å². The highest BCUT2D eigenvalue weighted by atomic mass is 35.5. The predicted octanol–water partition coefficient (Wildman–Crippen LogP) is 1.98. The standard InChI is InChI=1S/C14H20ClN3O2/c1-9(2)16-8-13(19)17-12-7-10(15)5-6-11(12)14(20)18(3)4/h5-7,9,16H,8H2,1-4H3,(H,17,19). The van der Waals surface area contributed by atoms with Gasteiger partial charge in [-0.2, -0.15) is 0 Å². The van der Waals surface area contributed by atoms with Crippen LogP contribution in [-0.4, -0.2) is 43.4 Å². The van der Waals surface area contributed by atoms with Gasteiger partial charge in [0.15, 0.2) is 0 Å². The summed E-state index contributed by atoms with van der Waals surface area (Å²) in [5.74, 6) is -0.400. The van der Waals surface area contributed by atoms with Gasteiger partial charge in [0.1, 0.15) is 0 Å². The monoisotopic (exact) mass is 297 g/mol. The van der Waals surface area contributed by atoms with E-state index in [2.05, 4.69) is 10.6 Å². The van der Waals surface area contributed by atoms with Gasteiger partial charge in [-0.05, 0) is 18.2 Å². The first kappa shape index (κ1) is 16.5. The molecule has 1 rings (SSSR count). The molecule has 2 amide bonds. The average molecular weight is 298 g/mol. The lowest BCUT2D eigenvalue weighted by atomic mass is 10.1. The van der Waals surface area contributed by atoms with Crippen molar-refractivity contribution in [3.8, 4) is 0 Å². The Kier molecular flexibility index (Phi) is 5.98. The molecule has 0 unspecified atom stereocenters. The number of halogens is 1. The fourth-order valence-corrected chi connectivity index (χ4v) is 1.71. The van der Waals surface area contributed by atoms with Crippen LogP contribution in [0.15, 0.2) is 18.2 Å². The lowest BCUT2D eigenvalue weighted by Crippen LogP contribution is -2.33. The Hall–Kier alpha value is -1.59. The van der Waals surface area contributed by atoms with Crippen molar-refractivity contribution < 1.29 is 9.59 Å². The summed E-state index contributed by atoms with van der Waals surface area (Å²) in [5, 5.41) is 6.19. The zero-order valence-corrected chi connectivity index (χ0v) is 12.9. The van der Waals surface area contributed by atoms with Gasteiger partial charge in [0.25, 0.3) is 5.91 Å². The molecular weight excluding hydrogens is 278 g/mol. The minimum atomic E-state index is -0.214. The highest BCUT2D eigenvalue weighted by Gasteiger charge is 2.15. The fourth-order valence-electron chi connectivity index (χ4n) is 1.54.